The van der Waals surface area contributed by atoms with Gasteiger partial charge in [0.2, 0.25) is 0 Å². The summed E-state index contributed by atoms with van der Waals surface area (Å²) in [5.41, 5.74) is 2.16. The van der Waals surface area contributed by atoms with E-state index >= 15 is 0 Å². The van der Waals surface area contributed by atoms with Crippen LogP contribution in [-0.2, 0) is 23.9 Å². The first kappa shape index (κ1) is 23.3. The molecule has 0 bridgehead atoms. The molecule has 2 aromatic rings. The Morgan fingerprint density at radius 3 is 1.97 bits per heavy atom. The first-order valence-corrected chi connectivity index (χ1v) is 10.9. The number of hydrogen-bond acceptors (Lipinski definition) is 6. The van der Waals surface area contributed by atoms with Crippen LogP contribution in [0.25, 0.3) is 11.1 Å². The van der Waals surface area contributed by atoms with Crippen molar-refractivity contribution < 1.29 is 28.6 Å². The van der Waals surface area contributed by atoms with E-state index in [9.17, 15) is 14.4 Å². The van der Waals surface area contributed by atoms with Crippen LogP contribution in [0.2, 0.25) is 0 Å². The molecule has 1 fully saturated rings. The van der Waals surface area contributed by atoms with E-state index in [2.05, 4.69) is 6.58 Å². The summed E-state index contributed by atoms with van der Waals surface area (Å²) >= 11 is 0. The molecule has 0 heterocycles. The lowest BCUT2D eigenvalue weighted by atomic mass is 9.82. The van der Waals surface area contributed by atoms with E-state index in [0.29, 0.717) is 37.9 Å². The Bertz CT molecular complexity index is 911. The molecule has 0 spiro atoms. The second-order valence-electron chi connectivity index (χ2n) is 7.75. The number of hydrogen-bond donors (Lipinski definition) is 0. The van der Waals surface area contributed by atoms with Gasteiger partial charge in [0.25, 0.3) is 0 Å². The lowest BCUT2D eigenvalue weighted by Crippen LogP contribution is -2.29. The molecule has 0 aromatic heterocycles. The summed E-state index contributed by atoms with van der Waals surface area (Å²) in [6.45, 7) is 3.69. The van der Waals surface area contributed by atoms with Gasteiger partial charge in [0.15, 0.2) is 0 Å². The third-order valence-electron chi connectivity index (χ3n) is 5.52. The maximum atomic E-state index is 12.5. The number of benzene rings is 2. The topological polar surface area (TPSA) is 78.9 Å². The molecule has 1 saturated carbocycles. The summed E-state index contributed by atoms with van der Waals surface area (Å²) in [7, 11) is 0. The normalized spacial score (nSPS) is 17.8. The number of carbonyl (C=O) groups excluding carboxylic acids is 3. The van der Waals surface area contributed by atoms with Gasteiger partial charge in [-0.1, -0.05) is 49.0 Å². The van der Waals surface area contributed by atoms with Crippen LogP contribution in [0.1, 0.15) is 32.1 Å². The average Bonchev–Trinajstić information content (AvgIpc) is 2.84. The minimum Gasteiger partial charge on any atom is -0.465 e. The van der Waals surface area contributed by atoms with E-state index in [4.69, 9.17) is 14.2 Å². The van der Waals surface area contributed by atoms with Gasteiger partial charge in [0.05, 0.1) is 25.0 Å². The maximum Gasteiger partial charge on any atom is 0.330 e. The van der Waals surface area contributed by atoms with Crippen LogP contribution in [0, 0.1) is 11.8 Å². The van der Waals surface area contributed by atoms with Gasteiger partial charge >= 0.3 is 17.9 Å². The van der Waals surface area contributed by atoms with Gasteiger partial charge in [-0.25, -0.2) is 4.79 Å². The summed E-state index contributed by atoms with van der Waals surface area (Å²) in [6.07, 6.45) is 3.91. The van der Waals surface area contributed by atoms with Crippen molar-refractivity contribution in [1.29, 1.82) is 0 Å². The molecule has 0 unspecified atom stereocenters. The highest BCUT2D eigenvalue weighted by Crippen LogP contribution is 2.31. The number of carbonyl (C=O) groups is 3. The Hall–Kier alpha value is -3.41. The molecule has 0 aliphatic heterocycles. The highest BCUT2D eigenvalue weighted by Gasteiger charge is 2.31. The Morgan fingerprint density at radius 2 is 1.34 bits per heavy atom. The molecular formula is C26H28O6. The summed E-state index contributed by atoms with van der Waals surface area (Å²) in [4.78, 5) is 35.7. The minimum absolute atomic E-state index is 0.184. The summed E-state index contributed by atoms with van der Waals surface area (Å²) in [5.74, 6) is -0.912. The van der Waals surface area contributed by atoms with E-state index in [0.717, 1.165) is 17.2 Å². The average molecular weight is 437 g/mol. The maximum absolute atomic E-state index is 12.5. The molecular weight excluding hydrogens is 408 g/mol. The second kappa shape index (κ2) is 11.8. The van der Waals surface area contributed by atoms with Crippen LogP contribution in [0.15, 0.2) is 67.3 Å². The standard InChI is InChI=1S/C26H28O6/c1-2-24(27)30-17-6-18-31-25(28)21-9-11-22(12-10-21)26(29)32-23-15-13-20(14-16-23)19-7-4-3-5-8-19/h2-5,7-8,13-16,21-22H,1,6,9-12,17-18H2. The molecule has 0 saturated heterocycles. The van der Waals surface area contributed by atoms with Gasteiger partial charge in [-0.15, -0.1) is 0 Å². The predicted molar refractivity (Wildman–Crippen MR) is 120 cm³/mol. The highest BCUT2D eigenvalue weighted by molar-refractivity contribution is 5.81. The minimum atomic E-state index is -0.492. The van der Waals surface area contributed by atoms with Crippen LogP contribution in [0.3, 0.4) is 0 Å². The lowest BCUT2D eigenvalue weighted by Gasteiger charge is -2.25. The van der Waals surface area contributed by atoms with Crippen LogP contribution in [0.4, 0.5) is 0 Å². The molecule has 0 amide bonds. The zero-order valence-electron chi connectivity index (χ0n) is 18.0. The van der Waals surface area contributed by atoms with Gasteiger partial charge in [-0.05, 0) is 48.9 Å². The fourth-order valence-electron chi connectivity index (χ4n) is 3.69. The van der Waals surface area contributed by atoms with Gasteiger partial charge < -0.3 is 14.2 Å². The monoisotopic (exact) mass is 436 g/mol. The van der Waals surface area contributed by atoms with Gasteiger partial charge in [-0.2, -0.15) is 0 Å². The van der Waals surface area contributed by atoms with Crippen molar-refractivity contribution in [2.45, 2.75) is 32.1 Å². The van der Waals surface area contributed by atoms with E-state index in [1.54, 1.807) is 12.1 Å². The lowest BCUT2D eigenvalue weighted by molar-refractivity contribution is -0.152. The van der Waals surface area contributed by atoms with E-state index < -0.39 is 5.97 Å². The summed E-state index contributed by atoms with van der Waals surface area (Å²) < 4.78 is 15.7. The molecule has 1 aliphatic carbocycles. The van der Waals surface area contributed by atoms with Crippen LogP contribution < -0.4 is 4.74 Å². The van der Waals surface area contributed by atoms with Gasteiger partial charge in [0.1, 0.15) is 5.75 Å². The van der Waals surface area contributed by atoms with Crippen molar-refractivity contribution in [2.75, 3.05) is 13.2 Å². The Balaban J connectivity index is 1.38. The SMILES string of the molecule is C=CC(=O)OCCCOC(=O)C1CCC(C(=O)Oc2ccc(-c3ccccc3)cc2)CC1. The van der Waals surface area contributed by atoms with Crippen LogP contribution in [-0.4, -0.2) is 31.1 Å². The smallest absolute Gasteiger partial charge is 0.330 e. The fraction of sp³-hybridized carbons (Fsp3) is 0.346. The Kier molecular flexibility index (Phi) is 8.61. The van der Waals surface area contributed by atoms with Crippen molar-refractivity contribution >= 4 is 17.9 Å². The third kappa shape index (κ3) is 6.80. The molecule has 0 N–H and O–H groups in total. The van der Waals surface area contributed by atoms with E-state index in [1.165, 1.54) is 0 Å². The van der Waals surface area contributed by atoms with Crippen molar-refractivity contribution in [1.82, 2.24) is 0 Å². The highest BCUT2D eigenvalue weighted by atomic mass is 16.5. The zero-order valence-corrected chi connectivity index (χ0v) is 18.0. The first-order chi connectivity index (χ1) is 15.6. The second-order valence-corrected chi connectivity index (χ2v) is 7.75. The molecule has 168 valence electrons. The molecule has 2 aromatic carbocycles. The number of rotatable bonds is 9. The number of ether oxygens (including phenoxy) is 3. The molecule has 6 heteroatoms. The Labute approximate surface area is 188 Å². The van der Waals surface area contributed by atoms with Crippen molar-refractivity contribution in [3.05, 3.63) is 67.3 Å². The largest absolute Gasteiger partial charge is 0.465 e. The van der Waals surface area contributed by atoms with Crippen molar-refractivity contribution in [2.24, 2.45) is 11.8 Å². The van der Waals surface area contributed by atoms with Crippen LogP contribution in [0.5, 0.6) is 5.75 Å². The quantitative estimate of drug-likeness (QED) is 0.245. The molecule has 6 nitrogen and oxygen atoms in total. The number of esters is 3. The first-order valence-electron chi connectivity index (χ1n) is 10.9. The van der Waals surface area contributed by atoms with Crippen LogP contribution >= 0.6 is 0 Å². The third-order valence-corrected chi connectivity index (χ3v) is 5.52. The molecule has 0 radical (unpaired) electrons. The summed E-state index contributed by atoms with van der Waals surface area (Å²) in [6, 6.07) is 17.5. The van der Waals surface area contributed by atoms with Gasteiger partial charge in [-0.3, -0.25) is 9.59 Å². The van der Waals surface area contributed by atoms with Gasteiger partial charge in [0, 0.05) is 12.5 Å². The zero-order chi connectivity index (χ0) is 22.8. The predicted octanol–water partition coefficient (Wildman–Crippen LogP) is 4.73. The molecule has 32 heavy (non-hydrogen) atoms. The Morgan fingerprint density at radius 1 is 0.781 bits per heavy atom. The van der Waals surface area contributed by atoms with E-state index in [-0.39, 0.29) is 37.0 Å². The molecule has 0 atom stereocenters. The van der Waals surface area contributed by atoms with E-state index in [1.807, 2.05) is 42.5 Å². The fourth-order valence-corrected chi connectivity index (χ4v) is 3.69. The molecule has 3 rings (SSSR count). The summed E-state index contributed by atoms with van der Waals surface area (Å²) in [5, 5.41) is 0. The molecule has 1 aliphatic rings. The van der Waals surface area contributed by atoms with Crippen molar-refractivity contribution in [3.8, 4) is 16.9 Å². The van der Waals surface area contributed by atoms with Crippen molar-refractivity contribution in [3.63, 3.8) is 0 Å².